The van der Waals surface area contributed by atoms with Crippen LogP contribution in [0.3, 0.4) is 0 Å². The van der Waals surface area contributed by atoms with Crippen molar-refractivity contribution in [1.29, 1.82) is 0 Å². The van der Waals surface area contributed by atoms with Gasteiger partial charge in [-0.1, -0.05) is 35.4 Å². The van der Waals surface area contributed by atoms with Crippen molar-refractivity contribution in [3.63, 3.8) is 0 Å². The minimum Gasteiger partial charge on any atom is -0.407 e. The summed E-state index contributed by atoms with van der Waals surface area (Å²) in [6, 6.07) is 10.5. The molecule has 0 aliphatic rings. The van der Waals surface area contributed by atoms with Crippen LogP contribution in [0.4, 0.5) is 6.01 Å². The van der Waals surface area contributed by atoms with E-state index in [-0.39, 0.29) is 6.54 Å². The number of hydrogen-bond acceptors (Lipinski definition) is 7. The Hall–Kier alpha value is -2.25. The third-order valence-corrected chi connectivity index (χ3v) is 3.79. The largest absolute Gasteiger partial charge is 0.407 e. The fourth-order valence-electron chi connectivity index (χ4n) is 1.85. The van der Waals surface area contributed by atoms with Crippen LogP contribution in [-0.2, 0) is 13.0 Å². The van der Waals surface area contributed by atoms with Crippen LogP contribution in [0, 0.1) is 0 Å². The number of thiazole rings is 1. The molecule has 0 fully saturated rings. The Labute approximate surface area is 126 Å². The second-order valence-electron chi connectivity index (χ2n) is 4.37. The Morgan fingerprint density at radius 2 is 2.05 bits per heavy atom. The zero-order chi connectivity index (χ0) is 14.5. The van der Waals surface area contributed by atoms with Crippen molar-refractivity contribution in [1.82, 2.24) is 15.2 Å². The molecule has 0 aliphatic heterocycles. The minimum absolute atomic E-state index is 0.252. The van der Waals surface area contributed by atoms with Crippen molar-refractivity contribution in [2.75, 3.05) is 11.9 Å². The highest BCUT2D eigenvalue weighted by Crippen LogP contribution is 2.21. The maximum Gasteiger partial charge on any atom is 0.315 e. The first-order chi connectivity index (χ1) is 10.3. The quantitative estimate of drug-likeness (QED) is 0.726. The lowest BCUT2D eigenvalue weighted by molar-refractivity contribution is 0.507. The number of rotatable bonds is 6. The topological polar surface area (TPSA) is 89.9 Å². The number of nitrogens with two attached hydrogens (primary N) is 1. The highest BCUT2D eigenvalue weighted by molar-refractivity contribution is 7.09. The van der Waals surface area contributed by atoms with Crippen LogP contribution in [-0.4, -0.2) is 21.7 Å². The first-order valence-corrected chi connectivity index (χ1v) is 7.49. The van der Waals surface area contributed by atoms with Gasteiger partial charge in [-0.15, -0.1) is 16.4 Å². The molecule has 21 heavy (non-hydrogen) atoms. The Kier molecular flexibility index (Phi) is 4.23. The molecular formula is C14H15N5OS. The fourth-order valence-corrected chi connectivity index (χ4v) is 2.66. The summed E-state index contributed by atoms with van der Waals surface area (Å²) in [5.41, 5.74) is 7.56. The van der Waals surface area contributed by atoms with Crippen LogP contribution in [0.15, 0.2) is 40.1 Å². The van der Waals surface area contributed by atoms with E-state index in [2.05, 4.69) is 38.0 Å². The SMILES string of the molecule is NCc1nnc(NCCc2nc(-c3ccccc3)cs2)o1. The molecule has 3 aromatic rings. The number of nitrogens with one attached hydrogen (secondary N) is 1. The summed E-state index contributed by atoms with van der Waals surface area (Å²) in [7, 11) is 0. The number of anilines is 1. The van der Waals surface area contributed by atoms with Gasteiger partial charge in [0.25, 0.3) is 0 Å². The predicted molar refractivity (Wildman–Crippen MR) is 81.9 cm³/mol. The van der Waals surface area contributed by atoms with Gasteiger partial charge >= 0.3 is 6.01 Å². The molecule has 108 valence electrons. The van der Waals surface area contributed by atoms with Crippen LogP contribution in [0.1, 0.15) is 10.9 Å². The average Bonchev–Trinajstić information content (AvgIpc) is 3.17. The van der Waals surface area contributed by atoms with Crippen LogP contribution >= 0.6 is 11.3 Å². The molecule has 0 amide bonds. The van der Waals surface area contributed by atoms with E-state index in [0.717, 1.165) is 22.7 Å². The average molecular weight is 301 g/mol. The summed E-state index contributed by atoms with van der Waals surface area (Å²) in [5.74, 6) is 0.429. The zero-order valence-corrected chi connectivity index (χ0v) is 12.1. The van der Waals surface area contributed by atoms with Gasteiger partial charge in [0.05, 0.1) is 17.2 Å². The van der Waals surface area contributed by atoms with Gasteiger partial charge in [0.15, 0.2) is 0 Å². The molecule has 6 nitrogen and oxygen atoms in total. The van der Waals surface area contributed by atoms with Crippen molar-refractivity contribution in [2.24, 2.45) is 5.73 Å². The van der Waals surface area contributed by atoms with Crippen LogP contribution in [0.2, 0.25) is 0 Å². The van der Waals surface area contributed by atoms with Gasteiger partial charge in [0.2, 0.25) is 5.89 Å². The predicted octanol–water partition coefficient (Wildman–Crippen LogP) is 2.31. The standard InChI is InChI=1S/C14H15N5OS/c15-8-12-18-19-14(20-12)16-7-6-13-17-11(9-21-13)10-4-2-1-3-5-10/h1-5,9H,6-8,15H2,(H,16,19). The molecule has 0 spiro atoms. The summed E-state index contributed by atoms with van der Waals surface area (Å²) in [5, 5.41) is 13.8. The molecule has 0 aliphatic carbocycles. The molecule has 0 saturated heterocycles. The summed E-state index contributed by atoms with van der Waals surface area (Å²) < 4.78 is 5.27. The van der Waals surface area contributed by atoms with E-state index in [9.17, 15) is 0 Å². The molecular weight excluding hydrogens is 286 g/mol. The first-order valence-electron chi connectivity index (χ1n) is 6.61. The monoisotopic (exact) mass is 301 g/mol. The third kappa shape index (κ3) is 3.45. The van der Waals surface area contributed by atoms with E-state index in [4.69, 9.17) is 10.2 Å². The van der Waals surface area contributed by atoms with Gasteiger partial charge < -0.3 is 15.5 Å². The van der Waals surface area contributed by atoms with Gasteiger partial charge in [-0.05, 0) is 0 Å². The molecule has 0 atom stereocenters. The van der Waals surface area contributed by atoms with E-state index in [0.29, 0.717) is 18.5 Å². The number of nitrogens with zero attached hydrogens (tertiary/aromatic N) is 3. The highest BCUT2D eigenvalue weighted by atomic mass is 32.1. The maximum atomic E-state index is 5.41. The van der Waals surface area contributed by atoms with Crippen molar-refractivity contribution in [2.45, 2.75) is 13.0 Å². The Morgan fingerprint density at radius 3 is 2.81 bits per heavy atom. The Balaban J connectivity index is 1.55. The molecule has 1 aromatic carbocycles. The highest BCUT2D eigenvalue weighted by Gasteiger charge is 2.06. The lowest BCUT2D eigenvalue weighted by Crippen LogP contribution is -2.04. The molecule has 0 radical (unpaired) electrons. The lowest BCUT2D eigenvalue weighted by atomic mass is 10.2. The molecule has 0 saturated carbocycles. The third-order valence-electron chi connectivity index (χ3n) is 2.88. The van der Waals surface area contributed by atoms with Crippen LogP contribution in [0.25, 0.3) is 11.3 Å². The molecule has 2 aromatic heterocycles. The molecule has 7 heteroatoms. The van der Waals surface area contributed by atoms with Gasteiger partial charge in [-0.2, -0.15) is 0 Å². The van der Waals surface area contributed by atoms with E-state index >= 15 is 0 Å². The van der Waals surface area contributed by atoms with Crippen molar-refractivity contribution in [3.05, 3.63) is 46.6 Å². The van der Waals surface area contributed by atoms with E-state index in [1.165, 1.54) is 0 Å². The summed E-state index contributed by atoms with van der Waals surface area (Å²) in [4.78, 5) is 4.62. The van der Waals surface area contributed by atoms with E-state index in [1.54, 1.807) is 11.3 Å². The van der Waals surface area contributed by atoms with E-state index in [1.807, 2.05) is 18.2 Å². The van der Waals surface area contributed by atoms with Gasteiger partial charge in [-0.25, -0.2) is 4.98 Å². The van der Waals surface area contributed by atoms with Gasteiger partial charge in [0.1, 0.15) is 0 Å². The van der Waals surface area contributed by atoms with Crippen molar-refractivity contribution in [3.8, 4) is 11.3 Å². The van der Waals surface area contributed by atoms with Crippen molar-refractivity contribution >= 4 is 17.4 Å². The Bertz CT molecular complexity index is 694. The number of hydrogen-bond donors (Lipinski definition) is 2. The van der Waals surface area contributed by atoms with E-state index < -0.39 is 0 Å². The zero-order valence-electron chi connectivity index (χ0n) is 11.3. The molecule has 0 bridgehead atoms. The van der Waals surface area contributed by atoms with Crippen molar-refractivity contribution < 1.29 is 4.42 Å². The number of aromatic nitrogens is 3. The fraction of sp³-hybridized carbons (Fsp3) is 0.214. The molecule has 2 heterocycles. The number of benzene rings is 1. The molecule has 3 rings (SSSR count). The van der Waals surface area contributed by atoms with Gasteiger partial charge in [0, 0.05) is 23.9 Å². The van der Waals surface area contributed by atoms with Crippen LogP contribution in [0.5, 0.6) is 0 Å². The first kappa shape index (κ1) is 13.7. The van der Waals surface area contributed by atoms with Crippen LogP contribution < -0.4 is 11.1 Å². The second kappa shape index (κ2) is 6.47. The molecule has 0 unspecified atom stereocenters. The Morgan fingerprint density at radius 1 is 1.19 bits per heavy atom. The maximum absolute atomic E-state index is 5.41. The summed E-state index contributed by atoms with van der Waals surface area (Å²) in [6.45, 7) is 0.940. The minimum atomic E-state index is 0.252. The second-order valence-corrected chi connectivity index (χ2v) is 5.32. The molecule has 3 N–H and O–H groups in total. The normalized spacial score (nSPS) is 10.7. The summed E-state index contributed by atoms with van der Waals surface area (Å²) >= 11 is 1.65. The van der Waals surface area contributed by atoms with Gasteiger partial charge in [-0.3, -0.25) is 0 Å². The lowest BCUT2D eigenvalue weighted by Gasteiger charge is -1.98. The summed E-state index contributed by atoms with van der Waals surface area (Å²) in [6.07, 6.45) is 0.803. The smallest absolute Gasteiger partial charge is 0.315 e.